The first-order valence-corrected chi connectivity index (χ1v) is 2.35. The maximum absolute atomic E-state index is 9.77. The smallest absolute Gasteiger partial charge is 0.0963 e. The topological polar surface area (TPSA) is 23.1 Å². The van der Waals surface area contributed by atoms with Crippen molar-refractivity contribution in [3.63, 3.8) is 0 Å². The maximum atomic E-state index is 9.77. The van der Waals surface area contributed by atoms with Gasteiger partial charge < -0.3 is 5.11 Å². The molecule has 0 N–H and O–H groups in total. The van der Waals surface area contributed by atoms with E-state index in [-0.39, 0.29) is 6.61 Å². The molecule has 0 aromatic rings. The summed E-state index contributed by atoms with van der Waals surface area (Å²) in [7, 11) is 0. The molecule has 0 heterocycles. The zero-order valence-corrected chi connectivity index (χ0v) is 4.44. The minimum absolute atomic E-state index is 0.00542. The second kappa shape index (κ2) is 3.75. The Labute approximate surface area is 44.7 Å². The van der Waals surface area contributed by atoms with Crippen LogP contribution in [0.2, 0.25) is 0 Å². The minimum atomic E-state index is -0.00542. The van der Waals surface area contributed by atoms with E-state index in [1.165, 1.54) is 0 Å². The van der Waals surface area contributed by atoms with Crippen LogP contribution in [0.3, 0.4) is 0 Å². The van der Waals surface area contributed by atoms with E-state index in [4.69, 9.17) is 0 Å². The van der Waals surface area contributed by atoms with Crippen LogP contribution in [0.5, 0.6) is 0 Å². The largest absolute Gasteiger partial charge is 0.854 e. The molecule has 0 saturated carbocycles. The summed E-state index contributed by atoms with van der Waals surface area (Å²) in [5, 5.41) is 9.77. The number of hydrogen-bond donors (Lipinski definition) is 0. The van der Waals surface area contributed by atoms with Crippen LogP contribution in [-0.2, 0) is 0 Å². The molecule has 0 saturated heterocycles. The average molecular weight is 98.1 g/mol. The molecule has 0 unspecified atom stereocenters. The molecule has 0 rings (SSSR count). The third kappa shape index (κ3) is 5.57. The van der Waals surface area contributed by atoms with Gasteiger partial charge in [0, 0.05) is 19.9 Å². The molecular weight excluding hydrogens is 88.1 g/mol. The van der Waals surface area contributed by atoms with E-state index in [9.17, 15) is 5.11 Å². The molecule has 1 nitrogen and oxygen atoms in total. The predicted octanol–water partition coefficient (Wildman–Crippen LogP) is 0.517. The van der Waals surface area contributed by atoms with Gasteiger partial charge in [0.25, 0.3) is 0 Å². The van der Waals surface area contributed by atoms with Crippen molar-refractivity contribution in [3.8, 4) is 0 Å². The second-order valence-corrected chi connectivity index (χ2v) is 1.56. The molecule has 0 radical (unpaired) electrons. The van der Waals surface area contributed by atoms with Crippen molar-refractivity contribution in [1.29, 1.82) is 0 Å². The van der Waals surface area contributed by atoms with Crippen molar-refractivity contribution in [2.45, 2.75) is 12.8 Å². The molecule has 0 fully saturated rings. The molecule has 40 valence electrons. The lowest BCUT2D eigenvalue weighted by molar-refractivity contribution is -0.368. The number of rotatable bonds is 3. The fourth-order valence-electron chi connectivity index (χ4n) is 0.322. The van der Waals surface area contributed by atoms with E-state index in [0.29, 0.717) is 6.42 Å². The highest BCUT2D eigenvalue weighted by Gasteiger charge is 1.85. The van der Waals surface area contributed by atoms with E-state index in [1.54, 1.807) is 0 Å². The molecule has 0 aliphatic rings. The molecule has 0 amide bonds. The van der Waals surface area contributed by atoms with Gasteiger partial charge in [-0.25, -0.2) is 0 Å². The molecule has 0 bridgehead atoms. The SMILES string of the molecule is C=C([CH2+])CCC[O-]. The van der Waals surface area contributed by atoms with Crippen LogP contribution in [-0.4, -0.2) is 6.61 Å². The van der Waals surface area contributed by atoms with Crippen LogP contribution >= 0.6 is 0 Å². The van der Waals surface area contributed by atoms with Crippen molar-refractivity contribution < 1.29 is 5.11 Å². The Morgan fingerprint density at radius 3 is 2.43 bits per heavy atom. The number of allylic oxidation sites excluding steroid dienone is 1. The fraction of sp³-hybridized carbons (Fsp3) is 0.500. The Kier molecular flexibility index (Phi) is 3.52. The lowest BCUT2D eigenvalue weighted by Gasteiger charge is -1.97. The van der Waals surface area contributed by atoms with E-state index >= 15 is 0 Å². The van der Waals surface area contributed by atoms with Gasteiger partial charge in [0.2, 0.25) is 0 Å². The first-order valence-electron chi connectivity index (χ1n) is 2.35. The fourth-order valence-corrected chi connectivity index (χ4v) is 0.322. The monoisotopic (exact) mass is 98.1 g/mol. The van der Waals surface area contributed by atoms with Crippen LogP contribution in [0.25, 0.3) is 0 Å². The zero-order chi connectivity index (χ0) is 5.70. The molecule has 0 aromatic heterocycles. The van der Waals surface area contributed by atoms with Crippen molar-refractivity contribution in [2.24, 2.45) is 0 Å². The summed E-state index contributed by atoms with van der Waals surface area (Å²) in [5.74, 6) is 0. The van der Waals surface area contributed by atoms with Gasteiger partial charge in [-0.3, -0.25) is 0 Å². The van der Waals surface area contributed by atoms with Crippen LogP contribution < -0.4 is 5.11 Å². The maximum Gasteiger partial charge on any atom is 0.0963 e. The lowest BCUT2D eigenvalue weighted by atomic mass is 10.2. The molecule has 0 aromatic carbocycles. The molecule has 0 spiro atoms. The number of hydrogen-bond acceptors (Lipinski definition) is 1. The van der Waals surface area contributed by atoms with Crippen molar-refractivity contribution in [1.82, 2.24) is 0 Å². The van der Waals surface area contributed by atoms with E-state index in [0.717, 1.165) is 12.0 Å². The van der Waals surface area contributed by atoms with E-state index < -0.39 is 0 Å². The summed E-state index contributed by atoms with van der Waals surface area (Å²) in [4.78, 5) is 0. The summed E-state index contributed by atoms with van der Waals surface area (Å²) in [5.41, 5.74) is 0.857. The molecule has 1 heteroatoms. The van der Waals surface area contributed by atoms with E-state index in [1.807, 2.05) is 0 Å². The molecule has 7 heavy (non-hydrogen) atoms. The summed E-state index contributed by atoms with van der Waals surface area (Å²) < 4.78 is 0. The van der Waals surface area contributed by atoms with Crippen LogP contribution in [0.15, 0.2) is 12.2 Å². The summed E-state index contributed by atoms with van der Waals surface area (Å²) in [6.45, 7) is 7.08. The highest BCUT2D eigenvalue weighted by atomic mass is 16.2. The van der Waals surface area contributed by atoms with Crippen molar-refractivity contribution in [3.05, 3.63) is 19.1 Å². The Bertz CT molecular complexity index is 57.2. The van der Waals surface area contributed by atoms with Gasteiger partial charge in [0.15, 0.2) is 0 Å². The van der Waals surface area contributed by atoms with E-state index in [2.05, 4.69) is 13.5 Å². The van der Waals surface area contributed by atoms with Gasteiger partial charge in [-0.15, -0.1) is 6.61 Å². The summed E-state index contributed by atoms with van der Waals surface area (Å²) in [6, 6.07) is 0. The third-order valence-corrected chi connectivity index (χ3v) is 0.675. The van der Waals surface area contributed by atoms with Gasteiger partial charge in [0.1, 0.15) is 0 Å². The highest BCUT2D eigenvalue weighted by molar-refractivity contribution is 4.96. The molecule has 0 aliphatic carbocycles. The minimum Gasteiger partial charge on any atom is -0.854 e. The van der Waals surface area contributed by atoms with Gasteiger partial charge >= 0.3 is 0 Å². The Morgan fingerprint density at radius 1 is 1.71 bits per heavy atom. The first-order chi connectivity index (χ1) is 3.27. The third-order valence-electron chi connectivity index (χ3n) is 0.675. The van der Waals surface area contributed by atoms with Crippen molar-refractivity contribution in [2.75, 3.05) is 6.61 Å². The zero-order valence-electron chi connectivity index (χ0n) is 4.44. The Balaban J connectivity index is 2.82. The second-order valence-electron chi connectivity index (χ2n) is 1.56. The molecule has 0 aliphatic heterocycles. The Hall–Kier alpha value is -0.430. The van der Waals surface area contributed by atoms with Gasteiger partial charge in [-0.1, -0.05) is 6.42 Å². The quantitative estimate of drug-likeness (QED) is 0.472. The van der Waals surface area contributed by atoms with Gasteiger partial charge in [-0.05, 0) is 0 Å². The van der Waals surface area contributed by atoms with Crippen LogP contribution in [0, 0.1) is 6.92 Å². The lowest BCUT2D eigenvalue weighted by Crippen LogP contribution is -2.04. The molecule has 0 atom stereocenters. The van der Waals surface area contributed by atoms with Crippen LogP contribution in [0.4, 0.5) is 0 Å². The molecular formula is C6H10O. The predicted molar refractivity (Wildman–Crippen MR) is 28.6 cm³/mol. The Morgan fingerprint density at radius 2 is 2.29 bits per heavy atom. The van der Waals surface area contributed by atoms with Gasteiger partial charge in [-0.2, -0.15) is 0 Å². The van der Waals surface area contributed by atoms with Crippen LogP contribution in [0.1, 0.15) is 12.8 Å². The highest BCUT2D eigenvalue weighted by Crippen LogP contribution is 1.95. The normalized spacial score (nSPS) is 8.71. The standard InChI is InChI=1S/C6H10O/c1-6(2)4-3-5-7/h1-5H2. The first kappa shape index (κ1) is 6.57. The van der Waals surface area contributed by atoms with Crippen molar-refractivity contribution >= 4 is 0 Å². The van der Waals surface area contributed by atoms with Gasteiger partial charge in [0.05, 0.1) is 5.57 Å². The summed E-state index contributed by atoms with van der Waals surface area (Å²) in [6.07, 6.45) is 1.46. The summed E-state index contributed by atoms with van der Waals surface area (Å²) >= 11 is 0. The average Bonchev–Trinajstić information content (AvgIpc) is 1.61.